The monoisotopic (exact) mass is 238 g/mol. The van der Waals surface area contributed by atoms with Crippen LogP contribution in [0.25, 0.3) is 10.9 Å². The first-order valence-corrected chi connectivity index (χ1v) is 5.59. The second kappa shape index (κ2) is 4.36. The third-order valence-electron chi connectivity index (χ3n) is 2.59. The van der Waals surface area contributed by atoms with Gasteiger partial charge in [0, 0.05) is 17.6 Å². The average molecular weight is 239 g/mol. The molecule has 16 heavy (non-hydrogen) atoms. The highest BCUT2D eigenvalue weighted by atomic mass is 35.5. The van der Waals surface area contributed by atoms with Gasteiger partial charge in [-0.25, -0.2) is 0 Å². The quantitative estimate of drug-likeness (QED) is 0.864. The minimum atomic E-state index is 0.114. The number of aromatic nitrogens is 1. The van der Waals surface area contributed by atoms with Crippen molar-refractivity contribution in [3.63, 3.8) is 0 Å². The van der Waals surface area contributed by atoms with Gasteiger partial charge in [0.05, 0.1) is 17.6 Å². The number of H-pyrrole nitrogens is 1. The van der Waals surface area contributed by atoms with Crippen LogP contribution < -0.4 is 10.5 Å². The normalized spacial score (nSPS) is 13.0. The number of nitrogens with two attached hydrogens (primary N) is 1. The fourth-order valence-electron chi connectivity index (χ4n) is 1.93. The van der Waals surface area contributed by atoms with Crippen molar-refractivity contribution in [2.75, 3.05) is 7.11 Å². The molecule has 1 unspecified atom stereocenters. The van der Waals surface area contributed by atoms with Crippen LogP contribution in [-0.2, 0) is 6.42 Å². The fourth-order valence-corrected chi connectivity index (χ4v) is 2.14. The summed E-state index contributed by atoms with van der Waals surface area (Å²) in [4.78, 5) is 3.17. The highest BCUT2D eigenvalue weighted by Crippen LogP contribution is 2.33. The van der Waals surface area contributed by atoms with E-state index in [2.05, 4.69) is 4.98 Å². The number of benzene rings is 1. The minimum Gasteiger partial charge on any atom is -0.496 e. The molecule has 1 aromatic heterocycles. The fraction of sp³-hybridized carbons (Fsp3) is 0.333. The summed E-state index contributed by atoms with van der Waals surface area (Å²) in [6.07, 6.45) is 2.75. The lowest BCUT2D eigenvalue weighted by Crippen LogP contribution is -2.17. The van der Waals surface area contributed by atoms with Crippen LogP contribution in [0.1, 0.15) is 12.5 Å². The van der Waals surface area contributed by atoms with E-state index in [1.54, 1.807) is 7.11 Å². The van der Waals surface area contributed by atoms with E-state index in [9.17, 15) is 0 Å². The maximum Gasteiger partial charge on any atom is 0.128 e. The first-order chi connectivity index (χ1) is 7.63. The Morgan fingerprint density at radius 3 is 2.88 bits per heavy atom. The van der Waals surface area contributed by atoms with Crippen LogP contribution in [0.4, 0.5) is 0 Å². The molecule has 2 rings (SSSR count). The van der Waals surface area contributed by atoms with Crippen molar-refractivity contribution < 1.29 is 4.74 Å². The lowest BCUT2D eigenvalue weighted by molar-refractivity contribution is 0.419. The molecular formula is C12H15ClN2O. The Kier molecular flexibility index (Phi) is 3.08. The van der Waals surface area contributed by atoms with Crippen molar-refractivity contribution in [3.8, 4) is 5.75 Å². The van der Waals surface area contributed by atoms with Gasteiger partial charge in [0.1, 0.15) is 5.75 Å². The summed E-state index contributed by atoms with van der Waals surface area (Å²) in [5.74, 6) is 0.830. The number of hydrogen-bond acceptors (Lipinski definition) is 2. The first kappa shape index (κ1) is 11.3. The number of nitrogens with one attached hydrogen (secondary N) is 1. The zero-order valence-electron chi connectivity index (χ0n) is 9.38. The molecule has 0 aliphatic carbocycles. The van der Waals surface area contributed by atoms with Gasteiger partial charge in [-0.1, -0.05) is 11.6 Å². The largest absolute Gasteiger partial charge is 0.496 e. The number of hydrogen-bond donors (Lipinski definition) is 2. The Bertz CT molecular complexity index is 505. The van der Waals surface area contributed by atoms with Crippen molar-refractivity contribution in [3.05, 3.63) is 28.9 Å². The number of fused-ring (bicyclic) bond motifs is 1. The summed E-state index contributed by atoms with van der Waals surface area (Å²) in [5, 5.41) is 1.74. The summed E-state index contributed by atoms with van der Waals surface area (Å²) in [6, 6.07) is 3.82. The molecule has 0 spiro atoms. The van der Waals surface area contributed by atoms with E-state index < -0.39 is 0 Å². The molecule has 0 bridgehead atoms. The predicted octanol–water partition coefficient (Wildman–Crippen LogP) is 2.72. The molecule has 0 fully saturated rings. The van der Waals surface area contributed by atoms with Gasteiger partial charge in [0.15, 0.2) is 0 Å². The number of aromatic amines is 1. The molecule has 3 nitrogen and oxygen atoms in total. The first-order valence-electron chi connectivity index (χ1n) is 5.21. The molecule has 0 saturated carbocycles. The smallest absolute Gasteiger partial charge is 0.128 e. The molecular weight excluding hydrogens is 224 g/mol. The predicted molar refractivity (Wildman–Crippen MR) is 67.2 cm³/mol. The standard InChI is InChI=1S/C12H15ClN2O/c1-7(14)5-8-6-15-12-9(13)3-4-10(16-2)11(8)12/h3-4,6-7,15H,5,14H2,1-2H3. The molecule has 1 atom stereocenters. The van der Waals surface area contributed by atoms with Gasteiger partial charge < -0.3 is 15.5 Å². The molecule has 2 aromatic rings. The van der Waals surface area contributed by atoms with E-state index in [4.69, 9.17) is 22.1 Å². The Morgan fingerprint density at radius 2 is 2.25 bits per heavy atom. The van der Waals surface area contributed by atoms with E-state index in [0.717, 1.165) is 28.6 Å². The van der Waals surface area contributed by atoms with Gasteiger partial charge in [-0.15, -0.1) is 0 Å². The third-order valence-corrected chi connectivity index (χ3v) is 2.90. The van der Waals surface area contributed by atoms with Crippen LogP contribution in [-0.4, -0.2) is 18.1 Å². The zero-order valence-corrected chi connectivity index (χ0v) is 10.1. The van der Waals surface area contributed by atoms with Crippen LogP contribution in [0, 0.1) is 0 Å². The summed E-state index contributed by atoms with van der Waals surface area (Å²) in [7, 11) is 1.66. The zero-order chi connectivity index (χ0) is 11.7. The lowest BCUT2D eigenvalue weighted by atomic mass is 10.1. The highest BCUT2D eigenvalue weighted by Gasteiger charge is 2.12. The van der Waals surface area contributed by atoms with Gasteiger partial charge in [0.25, 0.3) is 0 Å². The highest BCUT2D eigenvalue weighted by molar-refractivity contribution is 6.35. The number of methoxy groups -OCH3 is 1. The van der Waals surface area contributed by atoms with Crippen molar-refractivity contribution in [1.29, 1.82) is 0 Å². The van der Waals surface area contributed by atoms with E-state index >= 15 is 0 Å². The number of rotatable bonds is 3. The van der Waals surface area contributed by atoms with Crippen molar-refractivity contribution >= 4 is 22.5 Å². The van der Waals surface area contributed by atoms with Crippen molar-refractivity contribution in [2.45, 2.75) is 19.4 Å². The Morgan fingerprint density at radius 1 is 1.50 bits per heavy atom. The van der Waals surface area contributed by atoms with Gasteiger partial charge in [-0.05, 0) is 31.0 Å². The SMILES string of the molecule is COc1ccc(Cl)c2[nH]cc(CC(C)N)c12. The van der Waals surface area contributed by atoms with Crippen LogP contribution in [0.3, 0.4) is 0 Å². The maximum atomic E-state index is 6.12. The summed E-state index contributed by atoms with van der Waals surface area (Å²) < 4.78 is 5.34. The molecule has 3 N–H and O–H groups in total. The second-order valence-corrected chi connectivity index (χ2v) is 4.40. The molecule has 0 amide bonds. The Balaban J connectivity index is 2.63. The van der Waals surface area contributed by atoms with Gasteiger partial charge in [-0.2, -0.15) is 0 Å². The topological polar surface area (TPSA) is 51.0 Å². The number of ether oxygens (including phenoxy) is 1. The lowest BCUT2D eigenvalue weighted by Gasteiger charge is -2.07. The van der Waals surface area contributed by atoms with Gasteiger partial charge >= 0.3 is 0 Å². The molecule has 86 valence electrons. The van der Waals surface area contributed by atoms with E-state index in [-0.39, 0.29) is 6.04 Å². The third kappa shape index (κ3) is 1.88. The molecule has 4 heteroatoms. The van der Waals surface area contributed by atoms with E-state index in [1.807, 2.05) is 25.3 Å². The number of halogens is 1. The second-order valence-electron chi connectivity index (χ2n) is 3.99. The molecule has 0 aliphatic heterocycles. The average Bonchev–Trinajstić information content (AvgIpc) is 2.63. The molecule has 1 heterocycles. The Hall–Kier alpha value is -1.19. The molecule has 1 aromatic carbocycles. The van der Waals surface area contributed by atoms with E-state index in [1.165, 1.54) is 0 Å². The molecule has 0 aliphatic rings. The maximum absolute atomic E-state index is 6.12. The Labute approximate surface area is 99.5 Å². The van der Waals surface area contributed by atoms with Gasteiger partial charge in [-0.3, -0.25) is 0 Å². The molecule has 0 radical (unpaired) electrons. The van der Waals surface area contributed by atoms with Gasteiger partial charge in [0.2, 0.25) is 0 Å². The van der Waals surface area contributed by atoms with Crippen LogP contribution >= 0.6 is 11.6 Å². The van der Waals surface area contributed by atoms with E-state index in [0.29, 0.717) is 5.02 Å². The summed E-state index contributed by atoms with van der Waals surface area (Å²) >= 11 is 6.12. The van der Waals surface area contributed by atoms with Crippen LogP contribution in [0.15, 0.2) is 18.3 Å². The minimum absolute atomic E-state index is 0.114. The van der Waals surface area contributed by atoms with Crippen LogP contribution in [0.5, 0.6) is 5.75 Å². The summed E-state index contributed by atoms with van der Waals surface area (Å²) in [5.41, 5.74) is 7.87. The van der Waals surface area contributed by atoms with Crippen molar-refractivity contribution in [1.82, 2.24) is 4.98 Å². The molecule has 0 saturated heterocycles. The van der Waals surface area contributed by atoms with Crippen molar-refractivity contribution in [2.24, 2.45) is 5.73 Å². The van der Waals surface area contributed by atoms with Crippen LogP contribution in [0.2, 0.25) is 5.02 Å². The summed E-state index contributed by atoms with van der Waals surface area (Å²) in [6.45, 7) is 1.98.